The zero-order chi connectivity index (χ0) is 13.9. The third-order valence-electron chi connectivity index (χ3n) is 4.03. The average Bonchev–Trinajstić information content (AvgIpc) is 2.41. The van der Waals surface area contributed by atoms with Gasteiger partial charge in [-0.15, -0.1) is 0 Å². The first-order chi connectivity index (χ1) is 8.92. The number of aromatic nitrogens is 1. The first-order valence-corrected chi connectivity index (χ1v) is 6.82. The number of pyridine rings is 1. The molecule has 0 spiro atoms. The van der Waals surface area contributed by atoms with Crippen molar-refractivity contribution in [1.82, 2.24) is 4.98 Å². The lowest BCUT2D eigenvalue weighted by atomic mass is 9.71. The summed E-state index contributed by atoms with van der Waals surface area (Å²) in [5.74, 6) is 6.67. The number of anilines is 2. The first-order valence-electron chi connectivity index (χ1n) is 6.82. The van der Waals surface area contributed by atoms with Gasteiger partial charge >= 0.3 is 0 Å². The maximum atomic E-state index is 10.6. The van der Waals surface area contributed by atoms with Crippen LogP contribution in [0.5, 0.6) is 0 Å². The summed E-state index contributed by atoms with van der Waals surface area (Å²) >= 11 is 0. The minimum Gasteiger partial charge on any atom is -0.388 e. The molecule has 2 rings (SSSR count). The van der Waals surface area contributed by atoms with Gasteiger partial charge in [-0.1, -0.05) is 19.9 Å². The Morgan fingerprint density at radius 1 is 1.21 bits per heavy atom. The second kappa shape index (κ2) is 5.35. The normalized spacial score (nSPS) is 20.8. The highest BCUT2D eigenvalue weighted by atomic mass is 16.3. The predicted octanol–water partition coefficient (Wildman–Crippen LogP) is 2.11. The molecule has 5 nitrogen and oxygen atoms in total. The van der Waals surface area contributed by atoms with Crippen LogP contribution in [-0.4, -0.2) is 22.2 Å². The molecule has 0 saturated heterocycles. The van der Waals surface area contributed by atoms with E-state index in [1.54, 1.807) is 6.07 Å². The molecule has 1 fully saturated rings. The number of hydrogen-bond acceptors (Lipinski definition) is 5. The lowest BCUT2D eigenvalue weighted by Gasteiger charge is -2.40. The Morgan fingerprint density at radius 2 is 1.84 bits per heavy atom. The van der Waals surface area contributed by atoms with Crippen molar-refractivity contribution >= 4 is 11.6 Å². The Morgan fingerprint density at radius 3 is 2.47 bits per heavy atom. The van der Waals surface area contributed by atoms with Crippen molar-refractivity contribution in [3.05, 3.63) is 18.2 Å². The largest absolute Gasteiger partial charge is 0.388 e. The maximum Gasteiger partial charge on any atom is 0.142 e. The SMILES string of the molecule is CC1(C)CCC(O)(CNc2cccc(NN)n2)CC1. The molecule has 1 aromatic heterocycles. The predicted molar refractivity (Wildman–Crippen MR) is 77.7 cm³/mol. The van der Waals surface area contributed by atoms with E-state index in [9.17, 15) is 5.11 Å². The van der Waals surface area contributed by atoms with E-state index in [-0.39, 0.29) is 0 Å². The van der Waals surface area contributed by atoms with Crippen molar-refractivity contribution in [2.45, 2.75) is 45.1 Å². The van der Waals surface area contributed by atoms with Crippen LogP contribution in [0, 0.1) is 5.41 Å². The van der Waals surface area contributed by atoms with E-state index < -0.39 is 5.60 Å². The van der Waals surface area contributed by atoms with E-state index in [4.69, 9.17) is 5.84 Å². The second-order valence-electron chi connectivity index (χ2n) is 6.29. The van der Waals surface area contributed by atoms with Crippen LogP contribution in [0.2, 0.25) is 0 Å². The molecule has 0 unspecified atom stereocenters. The van der Waals surface area contributed by atoms with Crippen LogP contribution in [0.25, 0.3) is 0 Å². The van der Waals surface area contributed by atoms with E-state index in [1.165, 1.54) is 0 Å². The van der Waals surface area contributed by atoms with Crippen LogP contribution in [0.4, 0.5) is 11.6 Å². The Hall–Kier alpha value is -1.33. The standard InChI is InChI=1S/C14H24N4O/c1-13(2)6-8-14(19,9-7-13)10-16-11-4-3-5-12(17-11)18-15/h3-5,19H,6-10,15H2,1-2H3,(H2,16,17,18). The lowest BCUT2D eigenvalue weighted by molar-refractivity contribution is -0.0145. The smallest absolute Gasteiger partial charge is 0.142 e. The third-order valence-corrected chi connectivity index (χ3v) is 4.03. The van der Waals surface area contributed by atoms with Gasteiger partial charge in [0.15, 0.2) is 0 Å². The Bertz CT molecular complexity index is 423. The summed E-state index contributed by atoms with van der Waals surface area (Å²) in [6.45, 7) is 5.06. The zero-order valence-corrected chi connectivity index (χ0v) is 11.7. The van der Waals surface area contributed by atoms with Crippen LogP contribution >= 0.6 is 0 Å². The van der Waals surface area contributed by atoms with Crippen LogP contribution in [-0.2, 0) is 0 Å². The molecule has 106 valence electrons. The number of nitrogen functional groups attached to an aromatic ring is 1. The van der Waals surface area contributed by atoms with Gasteiger partial charge in [0.2, 0.25) is 0 Å². The maximum absolute atomic E-state index is 10.6. The molecule has 1 aliphatic carbocycles. The monoisotopic (exact) mass is 264 g/mol. The highest BCUT2D eigenvalue weighted by Gasteiger charge is 2.36. The van der Waals surface area contributed by atoms with E-state index in [1.807, 2.05) is 12.1 Å². The van der Waals surface area contributed by atoms with E-state index in [0.29, 0.717) is 17.8 Å². The Balaban J connectivity index is 1.91. The molecule has 0 aliphatic heterocycles. The number of nitrogens with two attached hydrogens (primary N) is 1. The van der Waals surface area contributed by atoms with Gasteiger partial charge < -0.3 is 15.8 Å². The molecule has 5 heteroatoms. The lowest BCUT2D eigenvalue weighted by Crippen LogP contribution is -2.42. The fraction of sp³-hybridized carbons (Fsp3) is 0.643. The molecule has 0 radical (unpaired) electrons. The summed E-state index contributed by atoms with van der Waals surface area (Å²) in [4.78, 5) is 4.28. The molecule has 5 N–H and O–H groups in total. The van der Waals surface area contributed by atoms with Gasteiger partial charge in [0.25, 0.3) is 0 Å². The molecule has 0 amide bonds. The van der Waals surface area contributed by atoms with E-state index >= 15 is 0 Å². The molecule has 0 bridgehead atoms. The molecule has 0 aromatic carbocycles. The zero-order valence-electron chi connectivity index (χ0n) is 11.7. The Kier molecular flexibility index (Phi) is 3.96. The van der Waals surface area contributed by atoms with Gasteiger partial charge in [0, 0.05) is 6.54 Å². The molecule has 1 heterocycles. The minimum absolute atomic E-state index is 0.355. The van der Waals surface area contributed by atoms with E-state index in [0.717, 1.165) is 31.5 Å². The van der Waals surface area contributed by atoms with Crippen molar-refractivity contribution in [1.29, 1.82) is 0 Å². The summed E-state index contributed by atoms with van der Waals surface area (Å²) in [7, 11) is 0. The van der Waals surface area contributed by atoms with Gasteiger partial charge in [-0.3, -0.25) is 0 Å². The highest BCUT2D eigenvalue weighted by molar-refractivity contribution is 5.44. The summed E-state index contributed by atoms with van der Waals surface area (Å²) in [5.41, 5.74) is 2.25. The van der Waals surface area contributed by atoms with Crippen molar-refractivity contribution < 1.29 is 5.11 Å². The number of rotatable bonds is 4. The van der Waals surface area contributed by atoms with Crippen LogP contribution in [0.15, 0.2) is 18.2 Å². The Labute approximate surface area is 114 Å². The summed E-state index contributed by atoms with van der Waals surface area (Å²) in [5, 5.41) is 13.8. The molecule has 1 aromatic rings. The van der Waals surface area contributed by atoms with Crippen LogP contribution < -0.4 is 16.6 Å². The van der Waals surface area contributed by atoms with Crippen LogP contribution in [0.3, 0.4) is 0 Å². The molecule has 0 atom stereocenters. The van der Waals surface area contributed by atoms with Gasteiger partial charge in [-0.2, -0.15) is 0 Å². The molecular formula is C14H24N4O. The molecule has 19 heavy (non-hydrogen) atoms. The summed E-state index contributed by atoms with van der Waals surface area (Å²) in [6.07, 6.45) is 3.79. The fourth-order valence-corrected chi connectivity index (χ4v) is 2.44. The topological polar surface area (TPSA) is 83.2 Å². The fourth-order valence-electron chi connectivity index (χ4n) is 2.44. The van der Waals surface area contributed by atoms with Gasteiger partial charge in [0.1, 0.15) is 11.6 Å². The van der Waals surface area contributed by atoms with Gasteiger partial charge in [-0.25, -0.2) is 10.8 Å². The number of aliphatic hydroxyl groups is 1. The number of hydrazine groups is 1. The van der Waals surface area contributed by atoms with Crippen LogP contribution in [0.1, 0.15) is 39.5 Å². The second-order valence-corrected chi connectivity index (χ2v) is 6.29. The molecular weight excluding hydrogens is 240 g/mol. The van der Waals surface area contributed by atoms with Gasteiger partial charge in [-0.05, 0) is 43.2 Å². The van der Waals surface area contributed by atoms with Crippen molar-refractivity contribution in [3.8, 4) is 0 Å². The van der Waals surface area contributed by atoms with Crippen molar-refractivity contribution in [2.75, 3.05) is 17.3 Å². The number of nitrogens with zero attached hydrogens (tertiary/aromatic N) is 1. The number of nitrogens with one attached hydrogen (secondary N) is 2. The summed E-state index contributed by atoms with van der Waals surface area (Å²) in [6, 6.07) is 5.54. The van der Waals surface area contributed by atoms with Gasteiger partial charge in [0.05, 0.1) is 5.60 Å². The van der Waals surface area contributed by atoms with E-state index in [2.05, 4.69) is 29.6 Å². The summed E-state index contributed by atoms with van der Waals surface area (Å²) < 4.78 is 0. The first kappa shape index (κ1) is 14.1. The third kappa shape index (κ3) is 3.81. The highest BCUT2D eigenvalue weighted by Crippen LogP contribution is 2.40. The van der Waals surface area contributed by atoms with Crippen molar-refractivity contribution in [3.63, 3.8) is 0 Å². The molecule has 1 saturated carbocycles. The number of hydrogen-bond donors (Lipinski definition) is 4. The average molecular weight is 264 g/mol. The quantitative estimate of drug-likeness (QED) is 0.494. The minimum atomic E-state index is -0.622. The molecule has 1 aliphatic rings. The van der Waals surface area contributed by atoms with Crippen molar-refractivity contribution in [2.24, 2.45) is 11.3 Å².